The Bertz CT molecular complexity index is 306. The first-order chi connectivity index (χ1) is 8.11. The highest BCUT2D eigenvalue weighted by Crippen LogP contribution is 2.43. The summed E-state index contributed by atoms with van der Waals surface area (Å²) in [5, 5.41) is 11.7. The molecule has 2 fully saturated rings. The van der Waals surface area contributed by atoms with Crippen LogP contribution < -0.4 is 5.32 Å². The van der Waals surface area contributed by atoms with Gasteiger partial charge in [-0.1, -0.05) is 6.42 Å². The van der Waals surface area contributed by atoms with E-state index in [2.05, 4.69) is 5.32 Å². The number of amides is 1. The topological polar surface area (TPSA) is 75.6 Å². The number of ether oxygens (including phenoxy) is 1. The van der Waals surface area contributed by atoms with Gasteiger partial charge in [-0.05, 0) is 31.1 Å². The summed E-state index contributed by atoms with van der Waals surface area (Å²) in [5.41, 5.74) is -0.208. The van der Waals surface area contributed by atoms with Crippen LogP contribution in [0.1, 0.15) is 38.5 Å². The maximum atomic E-state index is 11.7. The van der Waals surface area contributed by atoms with Crippen LogP contribution in [0.25, 0.3) is 0 Å². The highest BCUT2D eigenvalue weighted by molar-refractivity contribution is 5.81. The number of hydrogen-bond acceptors (Lipinski definition) is 3. The quantitative estimate of drug-likeness (QED) is 0.750. The van der Waals surface area contributed by atoms with Crippen molar-refractivity contribution in [2.45, 2.75) is 44.6 Å². The molecule has 0 aromatic rings. The van der Waals surface area contributed by atoms with Crippen LogP contribution in [-0.4, -0.2) is 36.2 Å². The van der Waals surface area contributed by atoms with E-state index in [-0.39, 0.29) is 23.8 Å². The van der Waals surface area contributed by atoms with E-state index in [1.807, 2.05) is 0 Å². The molecule has 2 aliphatic rings. The molecule has 2 rings (SSSR count). The Balaban J connectivity index is 1.79. The van der Waals surface area contributed by atoms with E-state index in [9.17, 15) is 9.59 Å². The first kappa shape index (κ1) is 12.4. The molecule has 1 amide bonds. The van der Waals surface area contributed by atoms with Crippen LogP contribution in [0.15, 0.2) is 0 Å². The van der Waals surface area contributed by atoms with E-state index in [0.717, 1.165) is 32.1 Å². The van der Waals surface area contributed by atoms with E-state index < -0.39 is 5.97 Å². The maximum Gasteiger partial charge on any atom is 0.303 e. The molecule has 2 N–H and O–H groups in total. The summed E-state index contributed by atoms with van der Waals surface area (Å²) in [6.45, 7) is 1.12. The maximum absolute atomic E-state index is 11.7. The molecule has 0 spiro atoms. The standard InChI is InChI=1S/C12H19NO4/c14-10(15)7-12(4-2-5-12)8-13-11(16)9-3-1-6-17-9/h9H,1-8H2,(H,13,16)(H,14,15)/t9-/m1/s1. The number of carboxylic acids is 1. The molecule has 5 heteroatoms. The summed E-state index contributed by atoms with van der Waals surface area (Å²) in [4.78, 5) is 22.5. The molecule has 0 radical (unpaired) electrons. The zero-order valence-corrected chi connectivity index (χ0v) is 9.91. The Kier molecular flexibility index (Phi) is 3.66. The molecule has 0 aromatic carbocycles. The van der Waals surface area contributed by atoms with Crippen molar-refractivity contribution in [3.8, 4) is 0 Å². The average Bonchev–Trinajstić information content (AvgIpc) is 2.74. The molecular weight excluding hydrogens is 222 g/mol. The molecule has 17 heavy (non-hydrogen) atoms. The predicted octanol–water partition coefficient (Wildman–Crippen LogP) is 0.927. The Hall–Kier alpha value is -1.10. The fourth-order valence-corrected chi connectivity index (χ4v) is 2.59. The van der Waals surface area contributed by atoms with Gasteiger partial charge < -0.3 is 15.2 Å². The minimum Gasteiger partial charge on any atom is -0.481 e. The molecule has 0 bridgehead atoms. The number of rotatable bonds is 5. The van der Waals surface area contributed by atoms with Crippen LogP contribution in [0, 0.1) is 5.41 Å². The van der Waals surface area contributed by atoms with Gasteiger partial charge in [0.25, 0.3) is 0 Å². The number of nitrogens with one attached hydrogen (secondary N) is 1. The first-order valence-electron chi connectivity index (χ1n) is 6.22. The summed E-state index contributed by atoms with van der Waals surface area (Å²) in [5.74, 6) is -0.866. The van der Waals surface area contributed by atoms with E-state index in [4.69, 9.17) is 9.84 Å². The van der Waals surface area contributed by atoms with E-state index in [1.165, 1.54) is 0 Å². The number of aliphatic carboxylic acids is 1. The highest BCUT2D eigenvalue weighted by atomic mass is 16.5. The largest absolute Gasteiger partial charge is 0.481 e. The third-order valence-corrected chi connectivity index (χ3v) is 3.80. The van der Waals surface area contributed by atoms with Gasteiger partial charge in [-0.3, -0.25) is 9.59 Å². The summed E-state index contributed by atoms with van der Waals surface area (Å²) in [6.07, 6.45) is 4.38. The van der Waals surface area contributed by atoms with Gasteiger partial charge in [0, 0.05) is 13.2 Å². The van der Waals surface area contributed by atoms with E-state index in [1.54, 1.807) is 0 Å². The summed E-state index contributed by atoms with van der Waals surface area (Å²) < 4.78 is 5.28. The van der Waals surface area contributed by atoms with Crippen LogP contribution in [0.2, 0.25) is 0 Å². The van der Waals surface area contributed by atoms with Crippen molar-refractivity contribution in [1.29, 1.82) is 0 Å². The van der Waals surface area contributed by atoms with E-state index in [0.29, 0.717) is 13.2 Å². The zero-order chi connectivity index (χ0) is 12.3. The van der Waals surface area contributed by atoms with Crippen molar-refractivity contribution < 1.29 is 19.4 Å². The highest BCUT2D eigenvalue weighted by Gasteiger charge is 2.39. The van der Waals surface area contributed by atoms with Gasteiger partial charge in [0.15, 0.2) is 0 Å². The Morgan fingerprint density at radius 1 is 1.35 bits per heavy atom. The monoisotopic (exact) mass is 241 g/mol. The van der Waals surface area contributed by atoms with Crippen LogP contribution in [0.4, 0.5) is 0 Å². The van der Waals surface area contributed by atoms with Crippen molar-refractivity contribution >= 4 is 11.9 Å². The van der Waals surface area contributed by atoms with Gasteiger partial charge in [-0.2, -0.15) is 0 Å². The van der Waals surface area contributed by atoms with Crippen molar-refractivity contribution in [3.63, 3.8) is 0 Å². The molecule has 96 valence electrons. The Labute approximate surface area is 101 Å². The van der Waals surface area contributed by atoms with Gasteiger partial charge in [0.1, 0.15) is 6.10 Å². The SMILES string of the molecule is O=C(O)CC1(CNC(=O)[C@H]2CCCO2)CCC1. The smallest absolute Gasteiger partial charge is 0.303 e. The second kappa shape index (κ2) is 5.04. The van der Waals surface area contributed by atoms with Gasteiger partial charge in [0.2, 0.25) is 5.91 Å². The minimum absolute atomic E-state index is 0.0841. The lowest BCUT2D eigenvalue weighted by Crippen LogP contribution is -2.46. The van der Waals surface area contributed by atoms with Crippen LogP contribution in [0.5, 0.6) is 0 Å². The predicted molar refractivity (Wildman–Crippen MR) is 60.5 cm³/mol. The van der Waals surface area contributed by atoms with Crippen molar-refractivity contribution in [3.05, 3.63) is 0 Å². The normalized spacial score (nSPS) is 26.2. The molecular formula is C12H19NO4. The van der Waals surface area contributed by atoms with Crippen molar-refractivity contribution in [2.24, 2.45) is 5.41 Å². The van der Waals surface area contributed by atoms with Crippen molar-refractivity contribution in [1.82, 2.24) is 5.32 Å². The lowest BCUT2D eigenvalue weighted by molar-refractivity contribution is -0.142. The lowest BCUT2D eigenvalue weighted by atomic mass is 9.66. The van der Waals surface area contributed by atoms with E-state index >= 15 is 0 Å². The van der Waals surface area contributed by atoms with Crippen LogP contribution in [-0.2, 0) is 14.3 Å². The summed E-state index contributed by atoms with van der Waals surface area (Å²) in [7, 11) is 0. The Morgan fingerprint density at radius 3 is 2.59 bits per heavy atom. The molecule has 1 saturated heterocycles. The fourth-order valence-electron chi connectivity index (χ4n) is 2.59. The average molecular weight is 241 g/mol. The van der Waals surface area contributed by atoms with Crippen LogP contribution in [0.3, 0.4) is 0 Å². The third kappa shape index (κ3) is 2.97. The second-order valence-corrected chi connectivity index (χ2v) is 5.14. The minimum atomic E-state index is -0.781. The number of carbonyl (C=O) groups excluding carboxylic acids is 1. The zero-order valence-electron chi connectivity index (χ0n) is 9.91. The van der Waals surface area contributed by atoms with Gasteiger partial charge in [-0.15, -0.1) is 0 Å². The third-order valence-electron chi connectivity index (χ3n) is 3.80. The summed E-state index contributed by atoms with van der Waals surface area (Å²) >= 11 is 0. The first-order valence-corrected chi connectivity index (χ1v) is 6.22. The molecule has 1 saturated carbocycles. The fraction of sp³-hybridized carbons (Fsp3) is 0.833. The molecule has 1 aliphatic carbocycles. The molecule has 1 heterocycles. The number of carboxylic acid groups (broad SMARTS) is 1. The van der Waals surface area contributed by atoms with Crippen molar-refractivity contribution in [2.75, 3.05) is 13.2 Å². The molecule has 5 nitrogen and oxygen atoms in total. The molecule has 1 atom stereocenters. The number of carbonyl (C=O) groups is 2. The van der Waals surface area contributed by atoms with Gasteiger partial charge >= 0.3 is 5.97 Å². The van der Waals surface area contributed by atoms with Crippen LogP contribution >= 0.6 is 0 Å². The Morgan fingerprint density at radius 2 is 2.12 bits per heavy atom. The lowest BCUT2D eigenvalue weighted by Gasteiger charge is -2.41. The van der Waals surface area contributed by atoms with Gasteiger partial charge in [-0.25, -0.2) is 0 Å². The molecule has 1 aliphatic heterocycles. The molecule has 0 aromatic heterocycles. The summed E-state index contributed by atoms with van der Waals surface area (Å²) in [6, 6.07) is 0. The van der Waals surface area contributed by atoms with Gasteiger partial charge in [0.05, 0.1) is 6.42 Å². The number of hydrogen-bond donors (Lipinski definition) is 2. The molecule has 0 unspecified atom stereocenters. The second-order valence-electron chi connectivity index (χ2n) is 5.14.